The third-order valence-electron chi connectivity index (χ3n) is 3.40. The largest absolute Gasteiger partial charge is 0.324 e. The van der Waals surface area contributed by atoms with Crippen LogP contribution in [0.2, 0.25) is 15.1 Å². The van der Waals surface area contributed by atoms with Crippen LogP contribution in [0.1, 0.15) is 24.9 Å². The Morgan fingerprint density at radius 1 is 1.04 bits per heavy atom. The molecule has 0 bridgehead atoms. The van der Waals surface area contributed by atoms with Crippen LogP contribution >= 0.6 is 34.8 Å². The van der Waals surface area contributed by atoms with Crippen molar-refractivity contribution in [1.82, 2.24) is 5.32 Å². The molecule has 0 aliphatic carbocycles. The van der Waals surface area contributed by atoms with E-state index in [1.54, 1.807) is 6.07 Å². The number of amides is 1. The minimum atomic E-state index is -0.195. The molecule has 2 aromatic rings. The Balaban J connectivity index is 1.96. The highest BCUT2D eigenvalue weighted by Gasteiger charge is 2.12. The fraction of sp³-hybridized carbons (Fsp3) is 0.235. The van der Waals surface area contributed by atoms with Crippen molar-refractivity contribution in [3.63, 3.8) is 0 Å². The van der Waals surface area contributed by atoms with E-state index in [0.717, 1.165) is 12.0 Å². The number of nitrogens with one attached hydrogen (secondary N) is 2. The normalized spacial score (nSPS) is 12.0. The van der Waals surface area contributed by atoms with Crippen molar-refractivity contribution in [1.29, 1.82) is 0 Å². The molecular formula is C17H17Cl3N2O. The van der Waals surface area contributed by atoms with Crippen LogP contribution in [-0.2, 0) is 4.79 Å². The molecule has 2 N–H and O–H groups in total. The zero-order valence-corrected chi connectivity index (χ0v) is 14.8. The first-order chi connectivity index (χ1) is 11.0. The Labute approximate surface area is 150 Å². The smallest absolute Gasteiger partial charge is 0.238 e. The van der Waals surface area contributed by atoms with Crippen LogP contribution in [0.5, 0.6) is 0 Å². The zero-order chi connectivity index (χ0) is 16.8. The number of benzene rings is 2. The van der Waals surface area contributed by atoms with Gasteiger partial charge in [-0.3, -0.25) is 4.79 Å². The van der Waals surface area contributed by atoms with Crippen molar-refractivity contribution in [2.75, 3.05) is 11.9 Å². The Kier molecular flexibility index (Phi) is 6.72. The SMILES string of the molecule is CCC(NCC(=O)Nc1cc(Cl)c(Cl)cc1Cl)c1ccccc1. The van der Waals surface area contributed by atoms with Crippen LogP contribution in [0, 0.1) is 0 Å². The average Bonchev–Trinajstić information content (AvgIpc) is 2.54. The molecular weight excluding hydrogens is 355 g/mol. The summed E-state index contributed by atoms with van der Waals surface area (Å²) in [6.07, 6.45) is 0.880. The molecule has 0 aliphatic heterocycles. The zero-order valence-electron chi connectivity index (χ0n) is 12.6. The maximum absolute atomic E-state index is 12.1. The van der Waals surface area contributed by atoms with Gasteiger partial charge in [-0.1, -0.05) is 72.1 Å². The molecule has 0 radical (unpaired) electrons. The van der Waals surface area contributed by atoms with Crippen LogP contribution in [0.15, 0.2) is 42.5 Å². The molecule has 2 aromatic carbocycles. The molecule has 23 heavy (non-hydrogen) atoms. The van der Waals surface area contributed by atoms with Crippen LogP contribution in [0.3, 0.4) is 0 Å². The molecule has 0 spiro atoms. The number of hydrogen-bond donors (Lipinski definition) is 2. The molecule has 2 rings (SSSR count). The summed E-state index contributed by atoms with van der Waals surface area (Å²) in [6, 6.07) is 13.2. The summed E-state index contributed by atoms with van der Waals surface area (Å²) in [7, 11) is 0. The second-order valence-corrected chi connectivity index (χ2v) is 6.27. The van der Waals surface area contributed by atoms with Crippen LogP contribution in [0.25, 0.3) is 0 Å². The third-order valence-corrected chi connectivity index (χ3v) is 4.44. The lowest BCUT2D eigenvalue weighted by Crippen LogP contribution is -2.31. The van der Waals surface area contributed by atoms with Gasteiger partial charge in [0.2, 0.25) is 5.91 Å². The standard InChI is InChI=1S/C17H17Cl3N2O/c1-2-15(11-6-4-3-5-7-11)21-10-17(23)22-16-9-13(19)12(18)8-14(16)20/h3-9,15,21H,2,10H2,1H3,(H,22,23). The van der Waals surface area contributed by atoms with Crippen molar-refractivity contribution in [3.8, 4) is 0 Å². The van der Waals surface area contributed by atoms with E-state index in [-0.39, 0.29) is 18.5 Å². The van der Waals surface area contributed by atoms with Gasteiger partial charge in [0, 0.05) is 6.04 Å². The molecule has 6 heteroatoms. The Bertz CT molecular complexity index is 677. The lowest BCUT2D eigenvalue weighted by molar-refractivity contribution is -0.115. The van der Waals surface area contributed by atoms with Crippen molar-refractivity contribution in [2.24, 2.45) is 0 Å². The number of halogens is 3. The summed E-state index contributed by atoms with van der Waals surface area (Å²) < 4.78 is 0. The van der Waals surface area contributed by atoms with Gasteiger partial charge in [0.15, 0.2) is 0 Å². The summed E-state index contributed by atoms with van der Waals surface area (Å²) >= 11 is 17.9. The van der Waals surface area contributed by atoms with Crippen molar-refractivity contribution in [2.45, 2.75) is 19.4 Å². The second kappa shape index (κ2) is 8.55. The van der Waals surface area contributed by atoms with E-state index in [2.05, 4.69) is 17.6 Å². The van der Waals surface area contributed by atoms with Crippen LogP contribution in [-0.4, -0.2) is 12.5 Å². The van der Waals surface area contributed by atoms with Gasteiger partial charge in [0.1, 0.15) is 0 Å². The summed E-state index contributed by atoms with van der Waals surface area (Å²) in [5, 5.41) is 7.01. The van der Waals surface area contributed by atoms with Gasteiger partial charge in [0.25, 0.3) is 0 Å². The predicted octanol–water partition coefficient (Wildman–Crippen LogP) is 5.33. The molecule has 0 heterocycles. The van der Waals surface area contributed by atoms with E-state index in [1.807, 2.05) is 30.3 Å². The fourth-order valence-electron chi connectivity index (χ4n) is 2.21. The van der Waals surface area contributed by atoms with E-state index in [4.69, 9.17) is 34.8 Å². The predicted molar refractivity (Wildman–Crippen MR) is 97.6 cm³/mol. The Morgan fingerprint density at radius 3 is 2.35 bits per heavy atom. The molecule has 0 fully saturated rings. The maximum Gasteiger partial charge on any atom is 0.238 e. The van der Waals surface area contributed by atoms with Gasteiger partial charge >= 0.3 is 0 Å². The first-order valence-electron chi connectivity index (χ1n) is 7.24. The van der Waals surface area contributed by atoms with Gasteiger partial charge in [-0.15, -0.1) is 0 Å². The molecule has 1 amide bonds. The lowest BCUT2D eigenvalue weighted by atomic mass is 10.0. The second-order valence-electron chi connectivity index (χ2n) is 5.05. The number of rotatable bonds is 6. The minimum Gasteiger partial charge on any atom is -0.324 e. The molecule has 0 aromatic heterocycles. The first kappa shape index (κ1) is 18.1. The molecule has 3 nitrogen and oxygen atoms in total. The van der Waals surface area contributed by atoms with E-state index < -0.39 is 0 Å². The highest BCUT2D eigenvalue weighted by Crippen LogP contribution is 2.32. The van der Waals surface area contributed by atoms with E-state index in [9.17, 15) is 4.79 Å². The van der Waals surface area contributed by atoms with Crippen molar-refractivity contribution >= 4 is 46.4 Å². The molecule has 0 saturated carbocycles. The van der Waals surface area contributed by atoms with Gasteiger partial charge < -0.3 is 10.6 Å². The van der Waals surface area contributed by atoms with E-state index >= 15 is 0 Å². The Hall–Kier alpha value is -1.26. The summed E-state index contributed by atoms with van der Waals surface area (Å²) in [5.41, 5.74) is 1.59. The number of hydrogen-bond acceptors (Lipinski definition) is 2. The highest BCUT2D eigenvalue weighted by atomic mass is 35.5. The molecule has 0 saturated heterocycles. The summed E-state index contributed by atoms with van der Waals surface area (Å²) in [5.74, 6) is -0.195. The monoisotopic (exact) mass is 370 g/mol. The van der Waals surface area contributed by atoms with E-state index in [1.165, 1.54) is 6.07 Å². The number of carbonyl (C=O) groups is 1. The topological polar surface area (TPSA) is 41.1 Å². The lowest BCUT2D eigenvalue weighted by Gasteiger charge is -2.17. The quantitative estimate of drug-likeness (QED) is 0.674. The molecule has 122 valence electrons. The summed E-state index contributed by atoms with van der Waals surface area (Å²) in [4.78, 5) is 12.1. The molecule has 1 unspecified atom stereocenters. The van der Waals surface area contributed by atoms with Gasteiger partial charge in [-0.25, -0.2) is 0 Å². The fourth-order valence-corrected chi connectivity index (χ4v) is 2.81. The summed E-state index contributed by atoms with van der Waals surface area (Å²) in [6.45, 7) is 2.24. The van der Waals surface area contributed by atoms with Crippen LogP contribution in [0.4, 0.5) is 5.69 Å². The van der Waals surface area contributed by atoms with Gasteiger partial charge in [-0.05, 0) is 24.1 Å². The van der Waals surface area contributed by atoms with Crippen molar-refractivity contribution < 1.29 is 4.79 Å². The number of carbonyl (C=O) groups excluding carboxylic acids is 1. The van der Waals surface area contributed by atoms with E-state index in [0.29, 0.717) is 20.8 Å². The molecule has 0 aliphatic rings. The van der Waals surface area contributed by atoms with Crippen LogP contribution < -0.4 is 10.6 Å². The highest BCUT2D eigenvalue weighted by molar-refractivity contribution is 6.44. The van der Waals surface area contributed by atoms with Gasteiger partial charge in [0.05, 0.1) is 27.3 Å². The third kappa shape index (κ3) is 5.11. The first-order valence-corrected chi connectivity index (χ1v) is 8.37. The average molecular weight is 372 g/mol. The van der Waals surface area contributed by atoms with Crippen molar-refractivity contribution in [3.05, 3.63) is 63.1 Å². The maximum atomic E-state index is 12.1. The Morgan fingerprint density at radius 2 is 1.70 bits per heavy atom. The minimum absolute atomic E-state index is 0.117. The van der Waals surface area contributed by atoms with Gasteiger partial charge in [-0.2, -0.15) is 0 Å². The molecule has 1 atom stereocenters. The number of anilines is 1.